The molecule has 2 fully saturated rings. The zero-order chi connectivity index (χ0) is 18.8. The molecule has 1 amide bonds. The van der Waals surface area contributed by atoms with Crippen molar-refractivity contribution in [2.24, 2.45) is 5.92 Å². The number of fused-ring (bicyclic) bond motifs is 1. The summed E-state index contributed by atoms with van der Waals surface area (Å²) in [4.78, 5) is 34.4. The van der Waals surface area contributed by atoms with E-state index in [1.165, 1.54) is 19.3 Å². The first kappa shape index (κ1) is 18.7. The molecule has 3 aliphatic heterocycles. The second kappa shape index (κ2) is 8.13. The zero-order valence-corrected chi connectivity index (χ0v) is 16.5. The van der Waals surface area contributed by atoms with Gasteiger partial charge >= 0.3 is 0 Å². The van der Waals surface area contributed by atoms with E-state index in [1.54, 1.807) is 6.07 Å². The molecule has 0 saturated carbocycles. The van der Waals surface area contributed by atoms with Gasteiger partial charge in [-0.25, -0.2) is 4.98 Å². The molecule has 6 nitrogen and oxygen atoms in total. The Morgan fingerprint density at radius 1 is 1.11 bits per heavy atom. The molecule has 3 aliphatic rings. The molecule has 1 aromatic heterocycles. The Hall–Kier alpha value is -1.69. The minimum absolute atomic E-state index is 0.0871. The van der Waals surface area contributed by atoms with Gasteiger partial charge < -0.3 is 4.90 Å². The normalized spacial score (nSPS) is 24.6. The van der Waals surface area contributed by atoms with Crippen LogP contribution in [0.1, 0.15) is 62.9 Å². The van der Waals surface area contributed by atoms with Crippen LogP contribution in [-0.4, -0.2) is 58.0 Å². The quantitative estimate of drug-likeness (QED) is 0.814. The van der Waals surface area contributed by atoms with E-state index in [0.29, 0.717) is 13.1 Å². The van der Waals surface area contributed by atoms with Gasteiger partial charge in [0.2, 0.25) is 5.91 Å². The third-order valence-electron chi connectivity index (χ3n) is 6.58. The monoisotopic (exact) mass is 372 g/mol. The van der Waals surface area contributed by atoms with Crippen molar-refractivity contribution in [1.82, 2.24) is 19.4 Å². The highest BCUT2D eigenvalue weighted by Gasteiger charge is 2.30. The van der Waals surface area contributed by atoms with Gasteiger partial charge in [0.25, 0.3) is 5.56 Å². The molecule has 0 spiro atoms. The Kier molecular flexibility index (Phi) is 5.62. The van der Waals surface area contributed by atoms with Crippen LogP contribution in [-0.2, 0) is 17.8 Å². The molecule has 27 heavy (non-hydrogen) atoms. The van der Waals surface area contributed by atoms with Crippen LogP contribution in [0.3, 0.4) is 0 Å². The summed E-state index contributed by atoms with van der Waals surface area (Å²) >= 11 is 0. The molecule has 0 bridgehead atoms. The molecule has 2 saturated heterocycles. The number of likely N-dealkylation sites (tertiary alicyclic amines) is 2. The third kappa shape index (κ3) is 4.26. The van der Waals surface area contributed by atoms with Gasteiger partial charge in [-0.3, -0.25) is 19.1 Å². The molecule has 6 heteroatoms. The Morgan fingerprint density at radius 2 is 1.93 bits per heavy atom. The SMILES string of the molecule is CC1CCN(CC(=O)N2CC[C@@H](c3cc(=O)n4c(n3)CCCCC4)C2)CC1. The van der Waals surface area contributed by atoms with E-state index in [2.05, 4.69) is 11.8 Å². The Bertz CT molecular complexity index is 736. The molecule has 1 atom stereocenters. The topological polar surface area (TPSA) is 58.4 Å². The molecule has 0 aromatic carbocycles. The second-order valence-electron chi connectivity index (χ2n) is 8.68. The number of nitrogens with zero attached hydrogens (tertiary/aromatic N) is 4. The first-order chi connectivity index (χ1) is 13.1. The zero-order valence-electron chi connectivity index (χ0n) is 16.5. The molecular weight excluding hydrogens is 340 g/mol. The van der Waals surface area contributed by atoms with Crippen molar-refractivity contribution in [1.29, 1.82) is 0 Å². The van der Waals surface area contributed by atoms with Crippen LogP contribution in [0.5, 0.6) is 0 Å². The predicted octanol–water partition coefficient (Wildman–Crippen LogP) is 2.02. The van der Waals surface area contributed by atoms with Gasteiger partial charge in [0, 0.05) is 38.0 Å². The van der Waals surface area contributed by atoms with Gasteiger partial charge in [-0.2, -0.15) is 0 Å². The highest BCUT2D eigenvalue weighted by atomic mass is 16.2. The Labute approximate surface area is 161 Å². The van der Waals surface area contributed by atoms with Gasteiger partial charge in [-0.1, -0.05) is 13.3 Å². The summed E-state index contributed by atoms with van der Waals surface area (Å²) in [5.74, 6) is 2.17. The summed E-state index contributed by atoms with van der Waals surface area (Å²) in [5, 5.41) is 0. The molecule has 0 unspecified atom stereocenters. The maximum absolute atomic E-state index is 12.7. The number of rotatable bonds is 3. The van der Waals surface area contributed by atoms with Crippen LogP contribution in [0.25, 0.3) is 0 Å². The van der Waals surface area contributed by atoms with E-state index in [-0.39, 0.29) is 17.4 Å². The molecule has 1 aromatic rings. The molecular formula is C21H32N4O2. The maximum atomic E-state index is 12.7. The van der Waals surface area contributed by atoms with Crippen molar-refractivity contribution < 1.29 is 4.79 Å². The van der Waals surface area contributed by atoms with Crippen LogP contribution < -0.4 is 5.56 Å². The smallest absolute Gasteiger partial charge is 0.253 e. The average Bonchev–Trinajstić information content (AvgIpc) is 3.03. The van der Waals surface area contributed by atoms with Crippen LogP contribution in [0.4, 0.5) is 0 Å². The number of aromatic nitrogens is 2. The summed E-state index contributed by atoms with van der Waals surface area (Å²) in [6, 6.07) is 1.72. The average molecular weight is 373 g/mol. The number of carbonyl (C=O) groups excluding carboxylic acids is 1. The lowest BCUT2D eigenvalue weighted by Crippen LogP contribution is -2.42. The number of hydrogen-bond donors (Lipinski definition) is 0. The third-order valence-corrected chi connectivity index (χ3v) is 6.58. The second-order valence-corrected chi connectivity index (χ2v) is 8.68. The lowest BCUT2D eigenvalue weighted by Gasteiger charge is -2.30. The fraction of sp³-hybridized carbons (Fsp3) is 0.762. The number of piperidine rings is 1. The standard InChI is InChI=1S/C21H32N4O2/c1-16-6-10-23(11-7-16)15-21(27)24-12-8-17(14-24)18-13-20(26)25-9-4-2-3-5-19(25)22-18/h13,16-17H,2-12,14-15H2,1H3/t17-/m1/s1. The fourth-order valence-corrected chi connectivity index (χ4v) is 4.68. The number of hydrogen-bond acceptors (Lipinski definition) is 4. The van der Waals surface area contributed by atoms with E-state index in [9.17, 15) is 9.59 Å². The molecule has 148 valence electrons. The minimum Gasteiger partial charge on any atom is -0.341 e. The van der Waals surface area contributed by atoms with Crippen molar-refractivity contribution in [3.05, 3.63) is 27.9 Å². The lowest BCUT2D eigenvalue weighted by atomic mass is 9.99. The molecule has 0 N–H and O–H groups in total. The van der Waals surface area contributed by atoms with Crippen molar-refractivity contribution in [2.75, 3.05) is 32.7 Å². The van der Waals surface area contributed by atoms with Gasteiger partial charge in [0.15, 0.2) is 0 Å². The van der Waals surface area contributed by atoms with Gasteiger partial charge in [-0.05, 0) is 51.1 Å². The predicted molar refractivity (Wildman–Crippen MR) is 105 cm³/mol. The van der Waals surface area contributed by atoms with E-state index in [0.717, 1.165) is 69.3 Å². The Balaban J connectivity index is 1.39. The summed E-state index contributed by atoms with van der Waals surface area (Å²) in [7, 11) is 0. The highest BCUT2D eigenvalue weighted by molar-refractivity contribution is 5.78. The van der Waals surface area contributed by atoms with E-state index in [4.69, 9.17) is 4.98 Å². The summed E-state index contributed by atoms with van der Waals surface area (Å²) in [6.45, 7) is 7.19. The van der Waals surface area contributed by atoms with Crippen LogP contribution in [0, 0.1) is 5.92 Å². The molecule has 0 aliphatic carbocycles. The van der Waals surface area contributed by atoms with Crippen molar-refractivity contribution >= 4 is 5.91 Å². The van der Waals surface area contributed by atoms with Crippen LogP contribution in [0.2, 0.25) is 0 Å². The number of amides is 1. The highest BCUT2D eigenvalue weighted by Crippen LogP contribution is 2.26. The first-order valence-electron chi connectivity index (χ1n) is 10.7. The van der Waals surface area contributed by atoms with Crippen molar-refractivity contribution in [2.45, 2.75) is 64.3 Å². The lowest BCUT2D eigenvalue weighted by molar-refractivity contribution is -0.131. The largest absolute Gasteiger partial charge is 0.341 e. The minimum atomic E-state index is 0.0871. The maximum Gasteiger partial charge on any atom is 0.253 e. The van der Waals surface area contributed by atoms with Gasteiger partial charge in [0.05, 0.1) is 12.2 Å². The summed E-state index contributed by atoms with van der Waals surface area (Å²) < 4.78 is 1.85. The summed E-state index contributed by atoms with van der Waals surface area (Å²) in [5.41, 5.74) is 0.986. The van der Waals surface area contributed by atoms with Crippen LogP contribution in [0.15, 0.2) is 10.9 Å². The number of carbonyl (C=O) groups is 1. The van der Waals surface area contributed by atoms with E-state index >= 15 is 0 Å². The van der Waals surface area contributed by atoms with Crippen molar-refractivity contribution in [3.8, 4) is 0 Å². The fourth-order valence-electron chi connectivity index (χ4n) is 4.68. The summed E-state index contributed by atoms with van der Waals surface area (Å²) in [6.07, 6.45) is 7.54. The van der Waals surface area contributed by atoms with E-state index in [1.807, 2.05) is 9.47 Å². The first-order valence-corrected chi connectivity index (χ1v) is 10.7. The molecule has 4 heterocycles. The molecule has 0 radical (unpaired) electrons. The van der Waals surface area contributed by atoms with Gasteiger partial charge in [-0.15, -0.1) is 0 Å². The van der Waals surface area contributed by atoms with E-state index < -0.39 is 0 Å². The Morgan fingerprint density at radius 3 is 2.74 bits per heavy atom. The van der Waals surface area contributed by atoms with Gasteiger partial charge in [0.1, 0.15) is 5.82 Å². The van der Waals surface area contributed by atoms with Crippen molar-refractivity contribution in [3.63, 3.8) is 0 Å². The van der Waals surface area contributed by atoms with Crippen LogP contribution >= 0.6 is 0 Å². The number of aryl methyl sites for hydroxylation is 1. The molecule has 4 rings (SSSR count).